The first kappa shape index (κ1) is 6.47. The second-order valence-electron chi connectivity index (χ2n) is 3.75. The fraction of sp³-hybridized carbons (Fsp3) is 0.333. The van der Waals surface area contributed by atoms with Crippen LogP contribution in [0.2, 0.25) is 0 Å². The van der Waals surface area contributed by atoms with Crippen molar-refractivity contribution < 1.29 is 0 Å². The average Bonchev–Trinajstić information content (AvgIpc) is 1.91. The molecule has 0 fully saturated rings. The average molecular weight is 156 g/mol. The molecule has 12 heavy (non-hydrogen) atoms. The van der Waals surface area contributed by atoms with E-state index in [4.69, 9.17) is 0 Å². The Morgan fingerprint density at radius 1 is 0.917 bits per heavy atom. The Kier molecular flexibility index (Phi) is 1.20. The Morgan fingerprint density at radius 3 is 2.25 bits per heavy atom. The van der Waals surface area contributed by atoms with E-state index in [2.05, 4.69) is 24.3 Å². The Morgan fingerprint density at radius 2 is 1.75 bits per heavy atom. The lowest BCUT2D eigenvalue weighted by Crippen LogP contribution is -2.08. The van der Waals surface area contributed by atoms with Gasteiger partial charge in [-0.1, -0.05) is 24.3 Å². The van der Waals surface area contributed by atoms with Gasteiger partial charge in [-0.15, -0.1) is 0 Å². The molecule has 0 N–H and O–H groups in total. The van der Waals surface area contributed by atoms with Crippen molar-refractivity contribution in [1.82, 2.24) is 0 Å². The molecule has 1 aromatic rings. The van der Waals surface area contributed by atoms with Crippen molar-refractivity contribution in [2.24, 2.45) is 0 Å². The molecule has 1 aromatic carbocycles. The van der Waals surface area contributed by atoms with Crippen LogP contribution >= 0.6 is 0 Å². The minimum absolute atomic E-state index is 1.28. The summed E-state index contributed by atoms with van der Waals surface area (Å²) in [5.74, 6) is 0. The fourth-order valence-electron chi connectivity index (χ4n) is 1.95. The maximum Gasteiger partial charge on any atom is -0.0225 e. The zero-order valence-corrected chi connectivity index (χ0v) is 7.14. The number of fused-ring (bicyclic) bond motifs is 1. The van der Waals surface area contributed by atoms with Crippen molar-refractivity contribution in [3.8, 4) is 0 Å². The number of rotatable bonds is 1. The molecular formula is C12H12. The highest BCUT2D eigenvalue weighted by molar-refractivity contribution is 5.71. The Hall–Kier alpha value is -1.04. The van der Waals surface area contributed by atoms with Gasteiger partial charge in [0.15, 0.2) is 0 Å². The molecule has 0 aromatic heterocycles. The van der Waals surface area contributed by atoms with Crippen LogP contribution in [0.25, 0.3) is 5.57 Å². The highest BCUT2D eigenvalue weighted by atomic mass is 14.2. The van der Waals surface area contributed by atoms with E-state index < -0.39 is 0 Å². The molecule has 2 aliphatic carbocycles. The topological polar surface area (TPSA) is 0 Å². The van der Waals surface area contributed by atoms with Crippen molar-refractivity contribution in [3.63, 3.8) is 0 Å². The SMILES string of the molecule is C1=C(c2ccc3c(c2)CC3)CC1. The smallest absolute Gasteiger partial charge is 0.0225 e. The molecule has 3 rings (SSSR count). The predicted molar refractivity (Wildman–Crippen MR) is 51.1 cm³/mol. The van der Waals surface area contributed by atoms with Gasteiger partial charge in [-0.05, 0) is 47.9 Å². The van der Waals surface area contributed by atoms with Crippen LogP contribution in [-0.2, 0) is 12.8 Å². The van der Waals surface area contributed by atoms with E-state index in [1.807, 2.05) is 0 Å². The molecule has 0 atom stereocenters. The fourth-order valence-corrected chi connectivity index (χ4v) is 1.95. The molecule has 0 spiro atoms. The molecular weight excluding hydrogens is 144 g/mol. The maximum atomic E-state index is 2.38. The monoisotopic (exact) mass is 156 g/mol. The van der Waals surface area contributed by atoms with E-state index in [-0.39, 0.29) is 0 Å². The van der Waals surface area contributed by atoms with Crippen molar-refractivity contribution in [2.75, 3.05) is 0 Å². The van der Waals surface area contributed by atoms with E-state index in [9.17, 15) is 0 Å². The third kappa shape index (κ3) is 0.781. The van der Waals surface area contributed by atoms with Crippen LogP contribution in [0.1, 0.15) is 29.5 Å². The first-order valence-corrected chi connectivity index (χ1v) is 4.75. The second-order valence-corrected chi connectivity index (χ2v) is 3.75. The van der Waals surface area contributed by atoms with Crippen LogP contribution in [0.3, 0.4) is 0 Å². The van der Waals surface area contributed by atoms with E-state index in [0.717, 1.165) is 0 Å². The quantitative estimate of drug-likeness (QED) is 0.586. The van der Waals surface area contributed by atoms with Crippen LogP contribution < -0.4 is 0 Å². The number of allylic oxidation sites excluding steroid dienone is 2. The summed E-state index contributed by atoms with van der Waals surface area (Å²) in [5.41, 5.74) is 6.18. The molecule has 0 heterocycles. The molecule has 0 amide bonds. The molecule has 0 saturated carbocycles. The minimum Gasteiger partial charge on any atom is -0.0804 e. The Bertz CT molecular complexity index is 358. The molecule has 0 aliphatic heterocycles. The van der Waals surface area contributed by atoms with Gasteiger partial charge in [0.05, 0.1) is 0 Å². The first-order chi connectivity index (χ1) is 5.93. The predicted octanol–water partition coefficient (Wildman–Crippen LogP) is 2.96. The zero-order valence-electron chi connectivity index (χ0n) is 7.14. The lowest BCUT2D eigenvalue weighted by molar-refractivity contribution is 0.837. The van der Waals surface area contributed by atoms with Crippen LogP contribution in [0.5, 0.6) is 0 Å². The zero-order chi connectivity index (χ0) is 7.97. The first-order valence-electron chi connectivity index (χ1n) is 4.75. The van der Waals surface area contributed by atoms with Gasteiger partial charge in [0.2, 0.25) is 0 Å². The molecule has 0 saturated heterocycles. The maximum absolute atomic E-state index is 2.38. The van der Waals surface area contributed by atoms with Gasteiger partial charge in [0.1, 0.15) is 0 Å². The third-order valence-electron chi connectivity index (χ3n) is 3.05. The Labute approximate surface area is 72.9 Å². The van der Waals surface area contributed by atoms with Crippen molar-refractivity contribution >= 4 is 5.57 Å². The summed E-state index contributed by atoms with van der Waals surface area (Å²) < 4.78 is 0. The third-order valence-corrected chi connectivity index (χ3v) is 3.05. The van der Waals surface area contributed by atoms with Crippen molar-refractivity contribution in [3.05, 3.63) is 41.0 Å². The lowest BCUT2D eigenvalue weighted by atomic mass is 9.83. The van der Waals surface area contributed by atoms with Crippen LogP contribution in [0, 0.1) is 0 Å². The summed E-state index contributed by atoms with van der Waals surface area (Å²) in [7, 11) is 0. The van der Waals surface area contributed by atoms with Crippen LogP contribution in [-0.4, -0.2) is 0 Å². The highest BCUT2D eigenvalue weighted by Gasteiger charge is 2.15. The number of hydrogen-bond acceptors (Lipinski definition) is 0. The van der Waals surface area contributed by atoms with E-state index in [0.29, 0.717) is 0 Å². The second kappa shape index (κ2) is 2.22. The van der Waals surface area contributed by atoms with Gasteiger partial charge in [-0.25, -0.2) is 0 Å². The minimum atomic E-state index is 1.28. The molecule has 0 radical (unpaired) electrons. The number of aryl methyl sites for hydroxylation is 2. The van der Waals surface area contributed by atoms with Gasteiger partial charge < -0.3 is 0 Å². The summed E-state index contributed by atoms with van der Waals surface area (Å²) in [5, 5.41) is 0. The van der Waals surface area contributed by atoms with Gasteiger partial charge in [-0.3, -0.25) is 0 Å². The molecule has 0 bridgehead atoms. The normalized spacial score (nSPS) is 18.8. The number of hydrogen-bond donors (Lipinski definition) is 0. The highest BCUT2D eigenvalue weighted by Crippen LogP contribution is 2.32. The number of benzene rings is 1. The molecule has 0 unspecified atom stereocenters. The summed E-state index contributed by atoms with van der Waals surface area (Å²) in [6.45, 7) is 0. The van der Waals surface area contributed by atoms with E-state index >= 15 is 0 Å². The van der Waals surface area contributed by atoms with Gasteiger partial charge >= 0.3 is 0 Å². The summed E-state index contributed by atoms with van der Waals surface area (Å²) in [4.78, 5) is 0. The van der Waals surface area contributed by atoms with Gasteiger partial charge in [0.25, 0.3) is 0 Å². The Balaban J connectivity index is 2.06. The largest absolute Gasteiger partial charge is 0.0804 e. The molecule has 60 valence electrons. The van der Waals surface area contributed by atoms with Crippen molar-refractivity contribution in [2.45, 2.75) is 25.7 Å². The van der Waals surface area contributed by atoms with Crippen molar-refractivity contribution in [1.29, 1.82) is 0 Å². The summed E-state index contributed by atoms with van der Waals surface area (Å²) in [6, 6.07) is 6.96. The molecule has 0 nitrogen and oxygen atoms in total. The van der Waals surface area contributed by atoms with Gasteiger partial charge in [-0.2, -0.15) is 0 Å². The standard InChI is InChI=1S/C12H12/c1-2-9(3-1)11-6-4-10-5-7-12(10)8-11/h2,4,6,8H,1,3,5,7H2. The van der Waals surface area contributed by atoms with E-state index in [1.165, 1.54) is 31.2 Å². The van der Waals surface area contributed by atoms with Crippen LogP contribution in [0.4, 0.5) is 0 Å². The molecule has 0 heteroatoms. The molecule has 2 aliphatic rings. The summed E-state index contributed by atoms with van der Waals surface area (Å²) >= 11 is 0. The lowest BCUT2D eigenvalue weighted by Gasteiger charge is -2.22. The van der Waals surface area contributed by atoms with E-state index in [1.54, 1.807) is 16.7 Å². The summed E-state index contributed by atoms with van der Waals surface area (Å²) in [6.07, 6.45) is 7.52. The van der Waals surface area contributed by atoms with Gasteiger partial charge in [0, 0.05) is 0 Å². The van der Waals surface area contributed by atoms with Crippen LogP contribution in [0.15, 0.2) is 24.3 Å².